The molecule has 1 aromatic heterocycles. The molecule has 0 saturated carbocycles. The van der Waals surface area contributed by atoms with Gasteiger partial charge >= 0.3 is 0 Å². The number of aromatic nitrogens is 2. The Morgan fingerprint density at radius 2 is 1.67 bits per heavy atom. The lowest BCUT2D eigenvalue weighted by Gasteiger charge is -2.11. The first-order valence-corrected chi connectivity index (χ1v) is 7.62. The fraction of sp³-hybridized carbons (Fsp3) is 0.118. The Kier molecular flexibility index (Phi) is 4.18. The first-order chi connectivity index (χ1) is 10.3. The fourth-order valence-electron chi connectivity index (χ4n) is 2.41. The number of rotatable bonds is 4. The fourth-order valence-corrected chi connectivity index (χ4v) is 2.82. The van der Waals surface area contributed by atoms with E-state index < -0.39 is 0 Å². The maximum absolute atomic E-state index is 5.86. The summed E-state index contributed by atoms with van der Waals surface area (Å²) in [4.78, 5) is 0. The van der Waals surface area contributed by atoms with E-state index in [0.717, 1.165) is 21.3 Å². The van der Waals surface area contributed by atoms with Crippen molar-refractivity contribution in [2.45, 2.75) is 13.1 Å². The van der Waals surface area contributed by atoms with E-state index in [4.69, 9.17) is 5.73 Å². The molecule has 0 fully saturated rings. The third kappa shape index (κ3) is 2.91. The van der Waals surface area contributed by atoms with Gasteiger partial charge in [-0.05, 0) is 11.6 Å². The Labute approximate surface area is 132 Å². The average Bonchev–Trinajstić information content (AvgIpc) is 2.93. The van der Waals surface area contributed by atoms with Crippen molar-refractivity contribution < 1.29 is 0 Å². The number of benzene rings is 2. The van der Waals surface area contributed by atoms with Crippen LogP contribution >= 0.6 is 15.9 Å². The van der Waals surface area contributed by atoms with Gasteiger partial charge in [-0.25, -0.2) is 0 Å². The standard InChI is InChI=1S/C17H16BrN3/c18-16-9-5-4-8-14(16)12-21-17(15(10-19)11-20-21)13-6-2-1-3-7-13/h1-9,11H,10,12,19H2. The Balaban J connectivity index is 2.04. The van der Waals surface area contributed by atoms with Crippen molar-refractivity contribution in [1.29, 1.82) is 0 Å². The molecule has 3 rings (SSSR count). The molecule has 1 heterocycles. The highest BCUT2D eigenvalue weighted by Gasteiger charge is 2.12. The van der Waals surface area contributed by atoms with Gasteiger partial charge in [-0.2, -0.15) is 5.10 Å². The number of halogens is 1. The molecule has 2 N–H and O–H groups in total. The average molecular weight is 342 g/mol. The van der Waals surface area contributed by atoms with Crippen LogP contribution in [0, 0.1) is 0 Å². The molecule has 106 valence electrons. The predicted octanol–water partition coefficient (Wildman–Crippen LogP) is 3.82. The zero-order valence-electron chi connectivity index (χ0n) is 11.5. The molecule has 0 aliphatic carbocycles. The molecule has 0 unspecified atom stereocenters. The van der Waals surface area contributed by atoms with Crippen LogP contribution in [0.15, 0.2) is 65.3 Å². The van der Waals surface area contributed by atoms with Crippen LogP contribution < -0.4 is 5.73 Å². The Bertz CT molecular complexity index is 735. The summed E-state index contributed by atoms with van der Waals surface area (Å²) in [5, 5.41) is 4.52. The molecular weight excluding hydrogens is 326 g/mol. The number of nitrogens with zero attached hydrogens (tertiary/aromatic N) is 2. The molecule has 2 aromatic carbocycles. The van der Waals surface area contributed by atoms with Crippen molar-refractivity contribution in [3.63, 3.8) is 0 Å². The Morgan fingerprint density at radius 1 is 0.952 bits per heavy atom. The van der Waals surface area contributed by atoms with Crippen molar-refractivity contribution in [3.05, 3.63) is 76.4 Å². The monoisotopic (exact) mass is 341 g/mol. The number of hydrogen-bond donors (Lipinski definition) is 1. The summed E-state index contributed by atoms with van der Waals surface area (Å²) in [5.74, 6) is 0. The van der Waals surface area contributed by atoms with Gasteiger partial charge in [-0.15, -0.1) is 0 Å². The van der Waals surface area contributed by atoms with Crippen LogP contribution in [-0.2, 0) is 13.1 Å². The molecule has 0 saturated heterocycles. The first-order valence-electron chi connectivity index (χ1n) is 6.83. The van der Waals surface area contributed by atoms with Crippen LogP contribution in [0.25, 0.3) is 11.3 Å². The lowest BCUT2D eigenvalue weighted by molar-refractivity contribution is 0.692. The van der Waals surface area contributed by atoms with Crippen molar-refractivity contribution in [2.75, 3.05) is 0 Å². The number of nitrogens with two attached hydrogens (primary N) is 1. The largest absolute Gasteiger partial charge is 0.326 e. The molecule has 3 aromatic rings. The van der Waals surface area contributed by atoms with Crippen molar-refractivity contribution in [2.24, 2.45) is 5.73 Å². The Hall–Kier alpha value is -1.91. The van der Waals surface area contributed by atoms with Gasteiger partial charge in [0.2, 0.25) is 0 Å². The van der Waals surface area contributed by atoms with E-state index >= 15 is 0 Å². The molecule has 3 nitrogen and oxygen atoms in total. The van der Waals surface area contributed by atoms with E-state index in [9.17, 15) is 0 Å². The zero-order chi connectivity index (χ0) is 14.7. The maximum Gasteiger partial charge on any atom is 0.0731 e. The summed E-state index contributed by atoms with van der Waals surface area (Å²) in [5.41, 5.74) is 10.4. The van der Waals surface area contributed by atoms with Gasteiger partial charge < -0.3 is 5.73 Å². The predicted molar refractivity (Wildman–Crippen MR) is 88.8 cm³/mol. The highest BCUT2D eigenvalue weighted by molar-refractivity contribution is 9.10. The van der Waals surface area contributed by atoms with E-state index in [0.29, 0.717) is 13.1 Å². The molecule has 0 aliphatic rings. The van der Waals surface area contributed by atoms with Crippen LogP contribution in [0.4, 0.5) is 0 Å². The molecule has 0 atom stereocenters. The van der Waals surface area contributed by atoms with Gasteiger partial charge in [-0.3, -0.25) is 4.68 Å². The molecule has 0 radical (unpaired) electrons. The smallest absolute Gasteiger partial charge is 0.0731 e. The van der Waals surface area contributed by atoms with Gasteiger partial charge in [0.15, 0.2) is 0 Å². The molecule has 0 spiro atoms. The molecule has 21 heavy (non-hydrogen) atoms. The minimum atomic E-state index is 0.486. The highest BCUT2D eigenvalue weighted by Crippen LogP contribution is 2.25. The molecule has 0 amide bonds. The number of hydrogen-bond acceptors (Lipinski definition) is 2. The van der Waals surface area contributed by atoms with E-state index in [-0.39, 0.29) is 0 Å². The third-order valence-electron chi connectivity index (χ3n) is 3.46. The van der Waals surface area contributed by atoms with Gasteiger partial charge in [0.05, 0.1) is 18.4 Å². The lowest BCUT2D eigenvalue weighted by atomic mass is 10.1. The topological polar surface area (TPSA) is 43.8 Å². The molecular formula is C17H16BrN3. The highest BCUT2D eigenvalue weighted by atomic mass is 79.9. The molecule has 0 aliphatic heterocycles. The van der Waals surface area contributed by atoms with Gasteiger partial charge in [0.25, 0.3) is 0 Å². The molecule has 0 bridgehead atoms. The van der Waals surface area contributed by atoms with Crippen molar-refractivity contribution >= 4 is 15.9 Å². The van der Waals surface area contributed by atoms with Crippen LogP contribution in [0.2, 0.25) is 0 Å². The normalized spacial score (nSPS) is 10.8. The summed E-state index contributed by atoms with van der Waals surface area (Å²) >= 11 is 3.59. The third-order valence-corrected chi connectivity index (χ3v) is 4.23. The Morgan fingerprint density at radius 3 is 2.38 bits per heavy atom. The van der Waals surface area contributed by atoms with E-state index in [1.807, 2.05) is 47.3 Å². The SMILES string of the molecule is NCc1cnn(Cc2ccccc2Br)c1-c1ccccc1. The summed E-state index contributed by atoms with van der Waals surface area (Å²) in [7, 11) is 0. The van der Waals surface area contributed by atoms with Gasteiger partial charge in [0.1, 0.15) is 0 Å². The van der Waals surface area contributed by atoms with Crippen LogP contribution in [0.3, 0.4) is 0 Å². The second-order valence-corrected chi connectivity index (χ2v) is 5.69. The first kappa shape index (κ1) is 14.0. The summed E-state index contributed by atoms with van der Waals surface area (Å²) in [6.07, 6.45) is 1.86. The van der Waals surface area contributed by atoms with Crippen LogP contribution in [0.5, 0.6) is 0 Å². The molecule has 4 heteroatoms. The minimum absolute atomic E-state index is 0.486. The summed E-state index contributed by atoms with van der Waals surface area (Å²) in [6, 6.07) is 18.5. The van der Waals surface area contributed by atoms with Crippen LogP contribution in [-0.4, -0.2) is 9.78 Å². The second-order valence-electron chi connectivity index (χ2n) is 4.84. The maximum atomic E-state index is 5.86. The second kappa shape index (κ2) is 6.24. The summed E-state index contributed by atoms with van der Waals surface area (Å²) in [6.45, 7) is 1.20. The van der Waals surface area contributed by atoms with E-state index in [1.165, 1.54) is 5.56 Å². The van der Waals surface area contributed by atoms with Crippen LogP contribution in [0.1, 0.15) is 11.1 Å². The minimum Gasteiger partial charge on any atom is -0.326 e. The summed E-state index contributed by atoms with van der Waals surface area (Å²) < 4.78 is 3.10. The van der Waals surface area contributed by atoms with Crippen molar-refractivity contribution in [3.8, 4) is 11.3 Å². The van der Waals surface area contributed by atoms with Gasteiger partial charge in [-0.1, -0.05) is 64.5 Å². The lowest BCUT2D eigenvalue weighted by Crippen LogP contribution is -2.06. The zero-order valence-corrected chi connectivity index (χ0v) is 13.1. The quantitative estimate of drug-likeness (QED) is 0.783. The van der Waals surface area contributed by atoms with Crippen molar-refractivity contribution in [1.82, 2.24) is 9.78 Å². The van der Waals surface area contributed by atoms with E-state index in [1.54, 1.807) is 0 Å². The van der Waals surface area contributed by atoms with E-state index in [2.05, 4.69) is 39.2 Å². The van der Waals surface area contributed by atoms with Gasteiger partial charge in [0, 0.05) is 22.1 Å².